The third-order valence-corrected chi connectivity index (χ3v) is 6.19. The van der Waals surface area contributed by atoms with Gasteiger partial charge in [-0.1, -0.05) is 43.3 Å². The normalized spacial score (nSPS) is 15.2. The molecule has 1 aliphatic carbocycles. The van der Waals surface area contributed by atoms with Gasteiger partial charge in [-0.05, 0) is 74.4 Å². The number of carbonyl (C=O) groups excluding carboxylic acids is 1. The minimum absolute atomic E-state index is 0.106. The molecule has 1 amide bonds. The van der Waals surface area contributed by atoms with Gasteiger partial charge in [-0.2, -0.15) is 0 Å². The molecule has 0 aromatic heterocycles. The van der Waals surface area contributed by atoms with Crippen LogP contribution in [0.5, 0.6) is 0 Å². The van der Waals surface area contributed by atoms with Crippen molar-refractivity contribution in [3.8, 4) is 0 Å². The number of hydrogen-bond donors (Lipinski definition) is 2. The molecule has 0 unspecified atom stereocenters. The molecular weight excluding hydrogens is 388 g/mol. The lowest BCUT2D eigenvalue weighted by molar-refractivity contribution is -0.0140. The van der Waals surface area contributed by atoms with Crippen LogP contribution in [0, 0.1) is 6.92 Å². The van der Waals surface area contributed by atoms with Crippen molar-refractivity contribution < 1.29 is 14.6 Å². The van der Waals surface area contributed by atoms with E-state index in [2.05, 4.69) is 35.9 Å². The number of benzene rings is 2. The highest BCUT2D eigenvalue weighted by atomic mass is 16.6. The fraction of sp³-hybridized carbons (Fsp3) is 0.423. The molecule has 0 spiro atoms. The molecule has 5 heteroatoms. The molecule has 0 aliphatic heterocycles. The zero-order valence-electron chi connectivity index (χ0n) is 18.7. The van der Waals surface area contributed by atoms with E-state index in [1.807, 2.05) is 43.3 Å². The lowest BCUT2D eigenvalue weighted by atomic mass is 9.79. The molecule has 2 N–H and O–H groups in total. The molecule has 0 radical (unpaired) electrons. The molecule has 2 aromatic carbocycles. The number of anilines is 2. The summed E-state index contributed by atoms with van der Waals surface area (Å²) >= 11 is 0. The summed E-state index contributed by atoms with van der Waals surface area (Å²) in [6.07, 6.45) is 6.31. The summed E-state index contributed by atoms with van der Waals surface area (Å²) in [4.78, 5) is 15.0. The van der Waals surface area contributed by atoms with Gasteiger partial charge >= 0.3 is 6.09 Å². The molecule has 31 heavy (non-hydrogen) atoms. The number of nitrogens with zero attached hydrogens (tertiary/aromatic N) is 1. The topological polar surface area (TPSA) is 61.8 Å². The van der Waals surface area contributed by atoms with Crippen LogP contribution < -0.4 is 10.2 Å². The Kier molecular flexibility index (Phi) is 7.75. The molecular formula is C26H34N2O3. The summed E-state index contributed by atoms with van der Waals surface area (Å²) in [6.45, 7) is 9.33. The highest BCUT2D eigenvalue weighted by Gasteiger charge is 2.38. The number of ether oxygens (including phenoxy) is 1. The van der Waals surface area contributed by atoms with E-state index in [-0.39, 0.29) is 6.61 Å². The Hall–Kier alpha value is -2.79. The van der Waals surface area contributed by atoms with Gasteiger partial charge in [0, 0.05) is 24.5 Å². The van der Waals surface area contributed by atoms with Crippen molar-refractivity contribution in [3.63, 3.8) is 0 Å². The largest absolute Gasteiger partial charge is 0.438 e. The van der Waals surface area contributed by atoms with Crippen LogP contribution in [0.4, 0.5) is 16.2 Å². The first-order valence-corrected chi connectivity index (χ1v) is 11.2. The molecule has 1 aliphatic rings. The fourth-order valence-corrected chi connectivity index (χ4v) is 4.38. The van der Waals surface area contributed by atoms with Crippen molar-refractivity contribution in [1.82, 2.24) is 0 Å². The Morgan fingerprint density at radius 1 is 1.19 bits per heavy atom. The second-order valence-electron chi connectivity index (χ2n) is 8.20. The van der Waals surface area contributed by atoms with Crippen molar-refractivity contribution in [3.05, 3.63) is 65.7 Å². The highest BCUT2D eigenvalue weighted by Crippen LogP contribution is 2.41. The molecule has 1 saturated carbocycles. The average molecular weight is 423 g/mol. The lowest BCUT2D eigenvalue weighted by Gasteiger charge is -2.37. The maximum Gasteiger partial charge on any atom is 0.412 e. The van der Waals surface area contributed by atoms with Crippen molar-refractivity contribution in [1.29, 1.82) is 0 Å². The first kappa shape index (κ1) is 22.9. The van der Waals surface area contributed by atoms with Crippen LogP contribution in [0.15, 0.2) is 49.0 Å². The van der Waals surface area contributed by atoms with E-state index >= 15 is 0 Å². The number of aryl methyl sites for hydroxylation is 1. The van der Waals surface area contributed by atoms with Crippen molar-refractivity contribution >= 4 is 23.5 Å². The molecule has 3 rings (SSSR count). The molecule has 0 atom stereocenters. The summed E-state index contributed by atoms with van der Waals surface area (Å²) < 4.78 is 6.12. The monoisotopic (exact) mass is 422 g/mol. The molecule has 0 bridgehead atoms. The first-order chi connectivity index (χ1) is 15.0. The number of hydrogen-bond acceptors (Lipinski definition) is 4. The predicted octanol–water partition coefficient (Wildman–Crippen LogP) is 5.86. The zero-order chi connectivity index (χ0) is 22.3. The van der Waals surface area contributed by atoms with Gasteiger partial charge in [0.15, 0.2) is 0 Å². The van der Waals surface area contributed by atoms with E-state index in [4.69, 9.17) is 4.74 Å². The SMILES string of the molecule is C=Cc1ccc(C2(OC(=O)Nc3ccc(N(CC)CCO)cc3C)CCCCC2)cc1. The molecule has 0 saturated heterocycles. The van der Waals surface area contributed by atoms with E-state index in [9.17, 15) is 9.90 Å². The number of rotatable bonds is 8. The van der Waals surface area contributed by atoms with Gasteiger partial charge in [-0.15, -0.1) is 0 Å². The number of likely N-dealkylation sites (N-methyl/N-ethyl adjacent to an activating group) is 1. The van der Waals surface area contributed by atoms with E-state index in [0.717, 1.165) is 60.3 Å². The summed E-state index contributed by atoms with van der Waals surface area (Å²) in [5, 5.41) is 12.2. The van der Waals surface area contributed by atoms with Crippen LogP contribution in [0.25, 0.3) is 6.08 Å². The maximum absolute atomic E-state index is 12.9. The molecule has 5 nitrogen and oxygen atoms in total. The third-order valence-electron chi connectivity index (χ3n) is 6.19. The van der Waals surface area contributed by atoms with Crippen molar-refractivity contribution in [2.24, 2.45) is 0 Å². The number of aliphatic hydroxyl groups is 1. The fourth-order valence-electron chi connectivity index (χ4n) is 4.38. The molecule has 2 aromatic rings. The lowest BCUT2D eigenvalue weighted by Crippen LogP contribution is -2.36. The second kappa shape index (κ2) is 10.5. The Labute approximate surface area is 185 Å². The standard InChI is InChI=1S/C26H34N2O3/c1-4-21-9-11-22(12-10-21)26(15-7-6-8-16-26)31-25(30)27-24-14-13-23(19-20(24)3)28(5-2)17-18-29/h4,9-14,19,29H,1,5-8,15-18H2,2-3H3,(H,27,30). The first-order valence-electron chi connectivity index (χ1n) is 11.2. The molecule has 0 heterocycles. The maximum atomic E-state index is 12.9. The average Bonchev–Trinajstić information content (AvgIpc) is 2.79. The van der Waals surface area contributed by atoms with Gasteiger partial charge < -0.3 is 14.7 Å². The molecule has 1 fully saturated rings. The van der Waals surface area contributed by atoms with Crippen LogP contribution in [0.1, 0.15) is 55.7 Å². The van der Waals surface area contributed by atoms with Crippen molar-refractivity contribution in [2.75, 3.05) is 29.9 Å². The second-order valence-corrected chi connectivity index (χ2v) is 8.20. The Balaban J connectivity index is 1.76. The van der Waals surface area contributed by atoms with Crippen LogP contribution in [-0.4, -0.2) is 30.9 Å². The number of carbonyl (C=O) groups is 1. The Bertz CT molecular complexity index is 886. The molecule has 166 valence electrons. The number of aliphatic hydroxyl groups excluding tert-OH is 1. The van der Waals surface area contributed by atoms with Crippen molar-refractivity contribution in [2.45, 2.75) is 51.6 Å². The van der Waals surface area contributed by atoms with E-state index in [1.165, 1.54) is 6.42 Å². The van der Waals surface area contributed by atoms with Crippen LogP contribution in [-0.2, 0) is 10.3 Å². The van der Waals surface area contributed by atoms with Crippen LogP contribution in [0.2, 0.25) is 0 Å². The summed E-state index contributed by atoms with van der Waals surface area (Å²) in [6, 6.07) is 14.0. The summed E-state index contributed by atoms with van der Waals surface area (Å²) in [5.41, 5.74) is 4.23. The summed E-state index contributed by atoms with van der Waals surface area (Å²) in [7, 11) is 0. The summed E-state index contributed by atoms with van der Waals surface area (Å²) in [5.74, 6) is 0. The van der Waals surface area contributed by atoms with Gasteiger partial charge in [0.1, 0.15) is 5.60 Å². The minimum Gasteiger partial charge on any atom is -0.438 e. The number of amides is 1. The van der Waals surface area contributed by atoms with Gasteiger partial charge in [-0.3, -0.25) is 5.32 Å². The quantitative estimate of drug-likeness (QED) is 0.559. The van der Waals surface area contributed by atoms with E-state index in [0.29, 0.717) is 6.54 Å². The minimum atomic E-state index is -0.587. The van der Waals surface area contributed by atoms with Gasteiger partial charge in [0.05, 0.1) is 6.61 Å². The van der Waals surface area contributed by atoms with Gasteiger partial charge in [0.25, 0.3) is 0 Å². The number of nitrogens with one attached hydrogen (secondary N) is 1. The smallest absolute Gasteiger partial charge is 0.412 e. The van der Waals surface area contributed by atoms with Gasteiger partial charge in [0.2, 0.25) is 0 Å². The van der Waals surface area contributed by atoms with Crippen LogP contribution in [0.3, 0.4) is 0 Å². The van der Waals surface area contributed by atoms with E-state index in [1.54, 1.807) is 0 Å². The highest BCUT2D eigenvalue weighted by molar-refractivity contribution is 5.86. The van der Waals surface area contributed by atoms with Crippen LogP contribution >= 0.6 is 0 Å². The zero-order valence-corrected chi connectivity index (χ0v) is 18.7. The van der Waals surface area contributed by atoms with E-state index < -0.39 is 11.7 Å². The third kappa shape index (κ3) is 5.47. The Morgan fingerprint density at radius 3 is 2.48 bits per heavy atom. The Morgan fingerprint density at radius 2 is 1.90 bits per heavy atom. The predicted molar refractivity (Wildman–Crippen MR) is 128 cm³/mol. The van der Waals surface area contributed by atoms with Gasteiger partial charge in [-0.25, -0.2) is 4.79 Å².